The summed E-state index contributed by atoms with van der Waals surface area (Å²) < 4.78 is 26.4. The topological polar surface area (TPSA) is 98.9 Å². The molecule has 3 heterocycles. The summed E-state index contributed by atoms with van der Waals surface area (Å²) in [7, 11) is 1.57. The SMILES string of the molecule is COc1ccc(CN2C(=O)CCc3c(OCC4(O)CCN(c5ncc(Cl)cc5Cl)CC4C#N)ccc(F)c32)cc1. The largest absolute Gasteiger partial charge is 0.497 e. The average molecular weight is 585 g/mol. The summed E-state index contributed by atoms with van der Waals surface area (Å²) in [5.41, 5.74) is 0.0889. The summed E-state index contributed by atoms with van der Waals surface area (Å²) in [5, 5.41) is 22.1. The van der Waals surface area contributed by atoms with Crippen molar-refractivity contribution in [1.82, 2.24) is 4.98 Å². The maximum absolute atomic E-state index is 15.2. The van der Waals surface area contributed by atoms with Gasteiger partial charge in [-0.05, 0) is 48.7 Å². The summed E-state index contributed by atoms with van der Waals surface area (Å²) in [6.07, 6.45) is 2.19. The summed E-state index contributed by atoms with van der Waals surface area (Å²) in [5.74, 6) is 0.0202. The third-order valence-electron chi connectivity index (χ3n) is 7.44. The number of rotatable bonds is 7. The second-order valence-electron chi connectivity index (χ2n) is 9.93. The van der Waals surface area contributed by atoms with Crippen LogP contribution in [0.25, 0.3) is 0 Å². The van der Waals surface area contributed by atoms with Gasteiger partial charge in [0, 0.05) is 31.3 Å². The Hall–Kier alpha value is -3.58. The molecule has 0 bridgehead atoms. The van der Waals surface area contributed by atoms with Crippen molar-refractivity contribution in [1.29, 1.82) is 5.26 Å². The number of ether oxygens (including phenoxy) is 2. The molecule has 1 amide bonds. The summed E-state index contributed by atoms with van der Waals surface area (Å²) in [4.78, 5) is 20.4. The van der Waals surface area contributed by atoms with Crippen molar-refractivity contribution >= 4 is 40.6 Å². The van der Waals surface area contributed by atoms with Gasteiger partial charge in [0.15, 0.2) is 0 Å². The molecule has 0 saturated carbocycles. The van der Waals surface area contributed by atoms with Crippen LogP contribution in [0.2, 0.25) is 10.0 Å². The van der Waals surface area contributed by atoms with Crippen molar-refractivity contribution in [3.05, 3.63) is 75.7 Å². The molecule has 5 rings (SSSR count). The Morgan fingerprint density at radius 3 is 2.70 bits per heavy atom. The van der Waals surface area contributed by atoms with E-state index in [0.29, 0.717) is 45.9 Å². The molecule has 2 aliphatic heterocycles. The van der Waals surface area contributed by atoms with Crippen molar-refractivity contribution in [3.63, 3.8) is 0 Å². The van der Waals surface area contributed by atoms with E-state index in [2.05, 4.69) is 11.1 Å². The summed E-state index contributed by atoms with van der Waals surface area (Å²) in [6.45, 7) is 0.591. The standard InChI is InChI=1S/C29H27Cl2FN4O4/c1-39-21-4-2-18(3-5-21)15-36-26(37)9-6-22-25(8-7-24(32)27(22)36)40-17-29(38)10-11-35(16-19(29)13-33)28-23(31)12-20(30)14-34-28/h2-5,7-8,12,14,19,38H,6,9-11,15-17H2,1H3. The molecular formula is C29H27Cl2FN4O4. The first-order valence-corrected chi connectivity index (χ1v) is 13.5. The second-order valence-corrected chi connectivity index (χ2v) is 10.8. The smallest absolute Gasteiger partial charge is 0.227 e. The number of nitrogens with zero attached hydrogens (tertiary/aromatic N) is 4. The third-order valence-corrected chi connectivity index (χ3v) is 7.92. The zero-order valence-corrected chi connectivity index (χ0v) is 23.3. The molecule has 0 aliphatic carbocycles. The Morgan fingerprint density at radius 2 is 2.00 bits per heavy atom. The van der Waals surface area contributed by atoms with Crippen LogP contribution in [0, 0.1) is 23.1 Å². The molecule has 0 radical (unpaired) electrons. The molecule has 2 atom stereocenters. The maximum atomic E-state index is 15.2. The summed E-state index contributed by atoms with van der Waals surface area (Å²) in [6, 6.07) is 13.8. The van der Waals surface area contributed by atoms with Crippen LogP contribution in [0.15, 0.2) is 48.7 Å². The normalized spacial score (nSPS) is 20.6. The lowest BCUT2D eigenvalue weighted by atomic mass is 9.82. The molecule has 3 aromatic rings. The van der Waals surface area contributed by atoms with Gasteiger partial charge in [-0.1, -0.05) is 35.3 Å². The van der Waals surface area contributed by atoms with Crippen LogP contribution in [0.1, 0.15) is 24.0 Å². The lowest BCUT2D eigenvalue weighted by Crippen LogP contribution is -2.55. The highest BCUT2D eigenvalue weighted by Crippen LogP contribution is 2.40. The highest BCUT2D eigenvalue weighted by atomic mass is 35.5. The van der Waals surface area contributed by atoms with Crippen LogP contribution in [0.5, 0.6) is 11.5 Å². The van der Waals surface area contributed by atoms with E-state index in [0.717, 1.165) is 5.56 Å². The molecule has 11 heteroatoms. The molecule has 1 fully saturated rings. The molecular weight excluding hydrogens is 558 g/mol. The van der Waals surface area contributed by atoms with E-state index in [-0.39, 0.29) is 44.1 Å². The minimum Gasteiger partial charge on any atom is -0.497 e. The lowest BCUT2D eigenvalue weighted by molar-refractivity contribution is -0.119. The molecule has 8 nitrogen and oxygen atoms in total. The number of halogens is 3. The van der Waals surface area contributed by atoms with Gasteiger partial charge >= 0.3 is 0 Å². The number of amides is 1. The van der Waals surface area contributed by atoms with E-state index < -0.39 is 17.3 Å². The number of pyridine rings is 1. The molecule has 0 spiro atoms. The summed E-state index contributed by atoms with van der Waals surface area (Å²) >= 11 is 12.3. The zero-order chi connectivity index (χ0) is 28.4. The second kappa shape index (κ2) is 11.5. The van der Waals surface area contributed by atoms with E-state index in [1.54, 1.807) is 25.3 Å². The molecule has 1 aromatic heterocycles. The lowest BCUT2D eigenvalue weighted by Gasteiger charge is -2.42. The quantitative estimate of drug-likeness (QED) is 0.408. The fraction of sp³-hybridized carbons (Fsp3) is 0.345. The van der Waals surface area contributed by atoms with Gasteiger partial charge in [0.2, 0.25) is 5.91 Å². The number of hydrogen-bond donors (Lipinski definition) is 1. The molecule has 1 saturated heterocycles. The minimum absolute atomic E-state index is 0.173. The fourth-order valence-electron chi connectivity index (χ4n) is 5.18. The van der Waals surface area contributed by atoms with Gasteiger partial charge in [0.05, 0.1) is 41.4 Å². The van der Waals surface area contributed by atoms with Crippen molar-refractivity contribution < 1.29 is 23.8 Å². The molecule has 2 unspecified atom stereocenters. The average Bonchev–Trinajstić information content (AvgIpc) is 2.95. The van der Waals surface area contributed by atoms with E-state index in [1.165, 1.54) is 23.2 Å². The number of nitriles is 1. The van der Waals surface area contributed by atoms with Crippen LogP contribution in [-0.2, 0) is 17.8 Å². The van der Waals surface area contributed by atoms with E-state index in [9.17, 15) is 15.2 Å². The first-order chi connectivity index (χ1) is 19.2. The number of fused-ring (bicyclic) bond motifs is 1. The number of carbonyl (C=O) groups excluding carboxylic acids is 1. The number of methoxy groups -OCH3 is 1. The molecule has 1 N–H and O–H groups in total. The van der Waals surface area contributed by atoms with Gasteiger partial charge in [-0.2, -0.15) is 5.26 Å². The van der Waals surface area contributed by atoms with Gasteiger partial charge in [-0.15, -0.1) is 0 Å². The number of hydrogen-bond acceptors (Lipinski definition) is 7. The van der Waals surface area contributed by atoms with Gasteiger partial charge in [0.25, 0.3) is 0 Å². The van der Waals surface area contributed by atoms with Gasteiger partial charge in [-0.3, -0.25) is 4.79 Å². The van der Waals surface area contributed by atoms with Crippen LogP contribution < -0.4 is 19.3 Å². The first kappa shape index (κ1) is 28.0. The van der Waals surface area contributed by atoms with Gasteiger partial charge in [0.1, 0.15) is 35.3 Å². The predicted octanol–water partition coefficient (Wildman–Crippen LogP) is 5.18. The highest BCUT2D eigenvalue weighted by molar-refractivity contribution is 6.36. The number of aliphatic hydroxyl groups is 1. The first-order valence-electron chi connectivity index (χ1n) is 12.8. The minimum atomic E-state index is -1.46. The Morgan fingerprint density at radius 1 is 1.23 bits per heavy atom. The predicted molar refractivity (Wildman–Crippen MR) is 150 cm³/mol. The zero-order valence-electron chi connectivity index (χ0n) is 21.7. The van der Waals surface area contributed by atoms with E-state index in [1.807, 2.05) is 17.0 Å². The number of carbonyl (C=O) groups is 1. The van der Waals surface area contributed by atoms with Crippen LogP contribution >= 0.6 is 23.2 Å². The molecule has 40 heavy (non-hydrogen) atoms. The highest BCUT2D eigenvalue weighted by Gasteiger charge is 2.44. The van der Waals surface area contributed by atoms with Crippen molar-refractivity contribution in [2.24, 2.45) is 5.92 Å². The van der Waals surface area contributed by atoms with E-state index in [4.69, 9.17) is 32.7 Å². The fourth-order valence-corrected chi connectivity index (χ4v) is 5.68. The number of piperidine rings is 1. The van der Waals surface area contributed by atoms with E-state index >= 15 is 4.39 Å². The number of anilines is 2. The Labute approximate surface area is 241 Å². The van der Waals surface area contributed by atoms with Crippen LogP contribution in [0.3, 0.4) is 0 Å². The number of benzene rings is 2. The molecule has 2 aromatic carbocycles. The monoisotopic (exact) mass is 584 g/mol. The van der Waals surface area contributed by atoms with Crippen LogP contribution in [0.4, 0.5) is 15.9 Å². The van der Waals surface area contributed by atoms with Gasteiger partial charge < -0.3 is 24.4 Å². The van der Waals surface area contributed by atoms with Gasteiger partial charge in [-0.25, -0.2) is 9.37 Å². The van der Waals surface area contributed by atoms with Crippen molar-refractivity contribution in [2.45, 2.75) is 31.4 Å². The van der Waals surface area contributed by atoms with Crippen LogP contribution in [-0.4, -0.2) is 48.4 Å². The number of aromatic nitrogens is 1. The molecule has 2 aliphatic rings. The van der Waals surface area contributed by atoms with Crippen molar-refractivity contribution in [3.8, 4) is 17.6 Å². The Kier molecular flexibility index (Phi) is 8.04. The Bertz CT molecular complexity index is 1470. The van der Waals surface area contributed by atoms with Crippen molar-refractivity contribution in [2.75, 3.05) is 36.6 Å². The molecule has 208 valence electrons. The third kappa shape index (κ3) is 5.52. The maximum Gasteiger partial charge on any atom is 0.227 e. The Balaban J connectivity index is 1.34.